The second-order valence-electron chi connectivity index (χ2n) is 6.40. The van der Waals surface area contributed by atoms with Gasteiger partial charge in [0.1, 0.15) is 0 Å². The molecule has 1 aromatic rings. The van der Waals surface area contributed by atoms with E-state index in [-0.39, 0.29) is 11.9 Å². The van der Waals surface area contributed by atoms with E-state index in [0.717, 1.165) is 5.56 Å². The minimum Gasteiger partial charge on any atom is -0.479 e. The first-order chi connectivity index (χ1) is 11.8. The largest absolute Gasteiger partial charge is 0.479 e. The second-order valence-corrected chi connectivity index (χ2v) is 6.40. The molecule has 0 spiro atoms. The molecule has 1 unspecified atom stereocenters. The van der Waals surface area contributed by atoms with Crippen molar-refractivity contribution in [2.75, 3.05) is 20.2 Å². The van der Waals surface area contributed by atoms with Crippen LogP contribution in [0.1, 0.15) is 35.7 Å². The molecule has 2 rings (SSSR count). The highest BCUT2D eigenvalue weighted by Crippen LogP contribution is 2.19. The van der Waals surface area contributed by atoms with Crippen LogP contribution in [0.4, 0.5) is 0 Å². The van der Waals surface area contributed by atoms with Gasteiger partial charge in [0.2, 0.25) is 5.60 Å². The van der Waals surface area contributed by atoms with Crippen LogP contribution in [-0.2, 0) is 14.3 Å². The first kappa shape index (κ1) is 18.9. The molecule has 2 amide bonds. The van der Waals surface area contributed by atoms with Crippen molar-refractivity contribution in [1.82, 2.24) is 10.2 Å². The molecule has 1 fully saturated rings. The number of likely N-dealkylation sites (tertiary alicyclic amines) is 1. The van der Waals surface area contributed by atoms with Gasteiger partial charge in [-0.15, -0.1) is 0 Å². The van der Waals surface area contributed by atoms with E-state index >= 15 is 0 Å². The van der Waals surface area contributed by atoms with E-state index in [1.807, 2.05) is 25.1 Å². The van der Waals surface area contributed by atoms with E-state index in [1.54, 1.807) is 6.07 Å². The van der Waals surface area contributed by atoms with Gasteiger partial charge in [-0.2, -0.15) is 0 Å². The Hall–Kier alpha value is -2.41. The number of hydrogen-bond donors (Lipinski definition) is 2. The Morgan fingerprint density at radius 3 is 2.36 bits per heavy atom. The van der Waals surface area contributed by atoms with Crippen LogP contribution in [0.15, 0.2) is 24.3 Å². The third-order valence-electron chi connectivity index (χ3n) is 4.73. The summed E-state index contributed by atoms with van der Waals surface area (Å²) in [4.78, 5) is 37.6. The molecule has 7 nitrogen and oxygen atoms in total. The lowest BCUT2D eigenvalue weighted by Crippen LogP contribution is -2.56. The predicted octanol–water partition coefficient (Wildman–Crippen LogP) is 1.21. The zero-order valence-corrected chi connectivity index (χ0v) is 14.7. The minimum atomic E-state index is -1.88. The number of hydrogen-bond acceptors (Lipinski definition) is 4. The van der Waals surface area contributed by atoms with E-state index < -0.39 is 17.5 Å². The van der Waals surface area contributed by atoms with Crippen LogP contribution in [0.3, 0.4) is 0 Å². The van der Waals surface area contributed by atoms with Crippen LogP contribution in [0.25, 0.3) is 0 Å². The molecule has 25 heavy (non-hydrogen) atoms. The van der Waals surface area contributed by atoms with Gasteiger partial charge in [0, 0.05) is 31.8 Å². The summed E-state index contributed by atoms with van der Waals surface area (Å²) >= 11 is 0. The van der Waals surface area contributed by atoms with Crippen LogP contribution < -0.4 is 5.32 Å². The van der Waals surface area contributed by atoms with Crippen molar-refractivity contribution in [1.29, 1.82) is 0 Å². The van der Waals surface area contributed by atoms with Crippen molar-refractivity contribution >= 4 is 17.8 Å². The van der Waals surface area contributed by atoms with E-state index in [4.69, 9.17) is 4.74 Å². The lowest BCUT2D eigenvalue weighted by molar-refractivity contribution is -0.173. The first-order valence-electron chi connectivity index (χ1n) is 8.24. The van der Waals surface area contributed by atoms with E-state index in [1.165, 1.54) is 18.9 Å². The highest BCUT2D eigenvalue weighted by Gasteiger charge is 2.45. The lowest BCUT2D eigenvalue weighted by Gasteiger charge is -2.36. The quantitative estimate of drug-likeness (QED) is 0.780. The molecule has 1 saturated heterocycles. The number of rotatable bonds is 5. The Kier molecular flexibility index (Phi) is 5.79. The fraction of sp³-hybridized carbons (Fsp3) is 0.500. The molecule has 0 aromatic heterocycles. The van der Waals surface area contributed by atoms with Crippen LogP contribution >= 0.6 is 0 Å². The van der Waals surface area contributed by atoms with Gasteiger partial charge in [0.25, 0.3) is 11.8 Å². The Morgan fingerprint density at radius 1 is 1.24 bits per heavy atom. The zero-order valence-electron chi connectivity index (χ0n) is 14.7. The maximum atomic E-state index is 12.4. The maximum absolute atomic E-state index is 12.4. The molecule has 1 atom stereocenters. The van der Waals surface area contributed by atoms with Crippen molar-refractivity contribution < 1.29 is 24.2 Å². The molecule has 0 saturated carbocycles. The van der Waals surface area contributed by atoms with Gasteiger partial charge in [-0.05, 0) is 38.3 Å². The average molecular weight is 348 g/mol. The highest BCUT2D eigenvalue weighted by atomic mass is 16.5. The average Bonchev–Trinajstić information content (AvgIpc) is 2.61. The number of amides is 2. The van der Waals surface area contributed by atoms with E-state index in [0.29, 0.717) is 31.5 Å². The van der Waals surface area contributed by atoms with Gasteiger partial charge in [-0.3, -0.25) is 9.59 Å². The normalized spacial score (nSPS) is 17.6. The molecule has 1 heterocycles. The van der Waals surface area contributed by atoms with Crippen LogP contribution in [0.2, 0.25) is 0 Å². The molecule has 1 aliphatic rings. The number of aryl methyl sites for hydroxylation is 1. The van der Waals surface area contributed by atoms with Crippen molar-refractivity contribution in [3.8, 4) is 0 Å². The van der Waals surface area contributed by atoms with Gasteiger partial charge < -0.3 is 20.1 Å². The van der Waals surface area contributed by atoms with Gasteiger partial charge in [-0.25, -0.2) is 4.79 Å². The van der Waals surface area contributed by atoms with Crippen molar-refractivity contribution in [2.24, 2.45) is 0 Å². The zero-order chi connectivity index (χ0) is 18.6. The monoisotopic (exact) mass is 348 g/mol. The van der Waals surface area contributed by atoms with E-state index in [9.17, 15) is 19.5 Å². The van der Waals surface area contributed by atoms with Crippen molar-refractivity contribution in [3.05, 3.63) is 35.4 Å². The molecule has 0 aliphatic carbocycles. The third kappa shape index (κ3) is 3.99. The summed E-state index contributed by atoms with van der Waals surface area (Å²) < 4.78 is 4.92. The predicted molar refractivity (Wildman–Crippen MR) is 91.3 cm³/mol. The summed E-state index contributed by atoms with van der Waals surface area (Å²) in [6.07, 6.45) is 1.14. The van der Waals surface area contributed by atoms with Crippen molar-refractivity contribution in [3.63, 3.8) is 0 Å². The molecule has 2 N–H and O–H groups in total. The summed E-state index contributed by atoms with van der Waals surface area (Å²) in [6, 6.07) is 7.31. The molecule has 0 bridgehead atoms. The standard InChI is InChI=1S/C18H24N2O5/c1-12-6-4-5-7-14(12)15(21)19-13-8-10-20(11-9-13)16(22)18(2,25-3)17(23)24/h4-7,13H,8-11H2,1-3H3,(H,19,21)(H,23,24). The molecule has 1 aromatic carbocycles. The number of nitrogens with zero attached hydrogens (tertiary/aromatic N) is 1. The smallest absolute Gasteiger partial charge is 0.345 e. The molecular weight excluding hydrogens is 324 g/mol. The summed E-state index contributed by atoms with van der Waals surface area (Å²) in [6.45, 7) is 3.89. The fourth-order valence-electron chi connectivity index (χ4n) is 2.89. The van der Waals surface area contributed by atoms with Gasteiger partial charge in [-0.1, -0.05) is 18.2 Å². The topological polar surface area (TPSA) is 95.9 Å². The Balaban J connectivity index is 1.94. The minimum absolute atomic E-state index is 0.0465. The lowest BCUT2D eigenvalue weighted by atomic mass is 9.99. The molecule has 0 radical (unpaired) electrons. The number of carbonyl (C=O) groups is 3. The second kappa shape index (κ2) is 7.65. The number of ether oxygens (including phenoxy) is 1. The molecule has 1 aliphatic heterocycles. The number of methoxy groups -OCH3 is 1. The van der Waals surface area contributed by atoms with Gasteiger partial charge in [0.15, 0.2) is 0 Å². The Morgan fingerprint density at radius 2 is 1.84 bits per heavy atom. The molecule has 136 valence electrons. The highest BCUT2D eigenvalue weighted by molar-refractivity contribution is 6.05. The third-order valence-corrected chi connectivity index (χ3v) is 4.73. The maximum Gasteiger partial charge on any atom is 0.345 e. The summed E-state index contributed by atoms with van der Waals surface area (Å²) in [7, 11) is 1.21. The number of carboxylic acid groups (broad SMARTS) is 1. The summed E-state index contributed by atoms with van der Waals surface area (Å²) in [5, 5.41) is 12.2. The molecular formula is C18H24N2O5. The van der Waals surface area contributed by atoms with Gasteiger partial charge in [0.05, 0.1) is 0 Å². The van der Waals surface area contributed by atoms with E-state index in [2.05, 4.69) is 5.32 Å². The Labute approximate surface area is 147 Å². The number of nitrogens with one attached hydrogen (secondary N) is 1. The number of benzene rings is 1. The first-order valence-corrected chi connectivity index (χ1v) is 8.24. The Bertz CT molecular complexity index is 667. The number of carboxylic acids is 1. The van der Waals surface area contributed by atoms with Crippen LogP contribution in [0.5, 0.6) is 0 Å². The number of piperidine rings is 1. The SMILES string of the molecule is COC(C)(C(=O)O)C(=O)N1CCC(NC(=O)c2ccccc2C)CC1. The fourth-order valence-corrected chi connectivity index (χ4v) is 2.89. The van der Waals surface area contributed by atoms with Gasteiger partial charge >= 0.3 is 5.97 Å². The summed E-state index contributed by atoms with van der Waals surface area (Å²) in [5.41, 5.74) is -0.333. The number of aliphatic carboxylic acids is 1. The van der Waals surface area contributed by atoms with Crippen LogP contribution in [0, 0.1) is 6.92 Å². The number of carbonyl (C=O) groups excluding carboxylic acids is 2. The van der Waals surface area contributed by atoms with Crippen molar-refractivity contribution in [2.45, 2.75) is 38.3 Å². The van der Waals surface area contributed by atoms with Crippen LogP contribution in [-0.4, -0.2) is 59.6 Å². The summed E-state index contributed by atoms with van der Waals surface area (Å²) in [5.74, 6) is -2.00. The molecule has 7 heteroatoms.